The molecule has 0 aliphatic heterocycles. The summed E-state index contributed by atoms with van der Waals surface area (Å²) in [5.74, 6) is 0. The van der Waals surface area contributed by atoms with E-state index < -0.39 is 0 Å². The fourth-order valence-corrected chi connectivity index (χ4v) is 3.53. The zero-order valence-electron chi connectivity index (χ0n) is 12.4. The largest absolute Gasteiger partial charge is 0.299 e. The van der Waals surface area contributed by atoms with Crippen LogP contribution < -0.4 is 5.56 Å². The third-order valence-electron chi connectivity index (χ3n) is 3.72. The average Bonchev–Trinajstić information content (AvgIpc) is 2.95. The molecule has 0 saturated carbocycles. The molecular weight excluding hydrogens is 316 g/mol. The van der Waals surface area contributed by atoms with Gasteiger partial charge in [-0.3, -0.25) is 9.36 Å². The molecule has 3 nitrogen and oxygen atoms in total. The highest BCUT2D eigenvalue weighted by atomic mass is 35.5. The van der Waals surface area contributed by atoms with Crippen LogP contribution in [0, 0.1) is 0 Å². The molecule has 22 heavy (non-hydrogen) atoms. The highest BCUT2D eigenvalue weighted by Gasteiger charge is 2.13. The van der Waals surface area contributed by atoms with Crippen LogP contribution in [0.5, 0.6) is 0 Å². The fraction of sp³-hybridized carbons (Fsp3) is 0.294. The number of nitrogens with zero attached hydrogens (tertiary/aromatic N) is 2. The van der Waals surface area contributed by atoms with E-state index in [9.17, 15) is 4.79 Å². The summed E-state index contributed by atoms with van der Waals surface area (Å²) in [6.07, 6.45) is 4.93. The number of benzene rings is 1. The van der Waals surface area contributed by atoms with Gasteiger partial charge in [-0.15, -0.1) is 11.3 Å². The van der Waals surface area contributed by atoms with Gasteiger partial charge >= 0.3 is 0 Å². The van der Waals surface area contributed by atoms with E-state index in [0.29, 0.717) is 10.4 Å². The third kappa shape index (κ3) is 2.94. The second-order valence-electron chi connectivity index (χ2n) is 5.29. The van der Waals surface area contributed by atoms with E-state index in [2.05, 4.69) is 11.9 Å². The molecule has 0 aliphatic carbocycles. The fourth-order valence-electron chi connectivity index (χ4n) is 2.50. The molecular formula is C17H17ClN2OS. The maximum atomic E-state index is 12.7. The minimum absolute atomic E-state index is 0.0484. The molecule has 0 spiro atoms. The summed E-state index contributed by atoms with van der Waals surface area (Å²) in [5.41, 5.74) is 1.99. The molecule has 114 valence electrons. The number of halogens is 1. The molecule has 0 fully saturated rings. The van der Waals surface area contributed by atoms with Gasteiger partial charge in [0.25, 0.3) is 5.56 Å². The predicted molar refractivity (Wildman–Crippen MR) is 93.9 cm³/mol. The first-order chi connectivity index (χ1) is 10.7. The Bertz CT molecular complexity index is 836. The van der Waals surface area contributed by atoms with E-state index >= 15 is 0 Å². The van der Waals surface area contributed by atoms with Crippen molar-refractivity contribution in [3.63, 3.8) is 0 Å². The monoisotopic (exact) mass is 332 g/mol. The van der Waals surface area contributed by atoms with Crippen LogP contribution in [-0.4, -0.2) is 9.55 Å². The maximum Gasteiger partial charge on any atom is 0.262 e. The van der Waals surface area contributed by atoms with Crippen LogP contribution in [0.4, 0.5) is 0 Å². The van der Waals surface area contributed by atoms with E-state index in [1.54, 1.807) is 10.9 Å². The topological polar surface area (TPSA) is 34.9 Å². The Morgan fingerprint density at radius 3 is 2.73 bits per heavy atom. The normalized spacial score (nSPS) is 11.2. The molecule has 0 aliphatic rings. The van der Waals surface area contributed by atoms with Crippen molar-refractivity contribution >= 4 is 33.2 Å². The minimum Gasteiger partial charge on any atom is -0.299 e. The van der Waals surface area contributed by atoms with Gasteiger partial charge in [-0.1, -0.05) is 43.5 Å². The van der Waals surface area contributed by atoms with Gasteiger partial charge in [0.05, 0.1) is 11.7 Å². The van der Waals surface area contributed by atoms with Crippen molar-refractivity contribution in [2.24, 2.45) is 0 Å². The first-order valence-electron chi connectivity index (χ1n) is 7.43. The van der Waals surface area contributed by atoms with Crippen molar-refractivity contribution in [2.45, 2.75) is 32.7 Å². The predicted octanol–water partition coefficient (Wildman–Crippen LogP) is 4.97. The second kappa shape index (κ2) is 6.63. The summed E-state index contributed by atoms with van der Waals surface area (Å²) in [4.78, 5) is 18.0. The van der Waals surface area contributed by atoms with Crippen molar-refractivity contribution in [2.75, 3.05) is 0 Å². The highest BCUT2D eigenvalue weighted by molar-refractivity contribution is 7.17. The molecule has 3 aromatic rings. The molecule has 0 bridgehead atoms. The van der Waals surface area contributed by atoms with Gasteiger partial charge in [-0.05, 0) is 24.1 Å². The van der Waals surface area contributed by atoms with E-state index in [-0.39, 0.29) is 5.56 Å². The van der Waals surface area contributed by atoms with Crippen LogP contribution in [-0.2, 0) is 6.54 Å². The quantitative estimate of drug-likeness (QED) is 0.618. The zero-order valence-corrected chi connectivity index (χ0v) is 14.0. The maximum absolute atomic E-state index is 12.7. The lowest BCUT2D eigenvalue weighted by Crippen LogP contribution is -2.20. The number of aromatic nitrogens is 2. The lowest BCUT2D eigenvalue weighted by Gasteiger charge is -2.05. The van der Waals surface area contributed by atoms with Crippen LogP contribution in [0.15, 0.2) is 40.8 Å². The molecule has 0 unspecified atom stereocenters. The first-order valence-corrected chi connectivity index (χ1v) is 8.69. The van der Waals surface area contributed by atoms with E-state index in [0.717, 1.165) is 41.8 Å². The Morgan fingerprint density at radius 2 is 2.00 bits per heavy atom. The molecule has 0 radical (unpaired) electrons. The van der Waals surface area contributed by atoms with Gasteiger partial charge in [-0.2, -0.15) is 0 Å². The first kappa shape index (κ1) is 15.3. The smallest absolute Gasteiger partial charge is 0.262 e. The SMILES string of the molecule is CCCCCn1cnc2scc(-c3ccc(Cl)cc3)c2c1=O. The number of hydrogen-bond acceptors (Lipinski definition) is 3. The van der Waals surface area contributed by atoms with Crippen molar-refractivity contribution in [1.29, 1.82) is 0 Å². The number of unbranched alkanes of at least 4 members (excludes halogenated alkanes) is 2. The van der Waals surface area contributed by atoms with E-state index in [1.807, 2.05) is 29.6 Å². The van der Waals surface area contributed by atoms with Gasteiger partial charge in [0.2, 0.25) is 0 Å². The molecule has 0 saturated heterocycles. The van der Waals surface area contributed by atoms with Gasteiger partial charge in [0.15, 0.2) is 0 Å². The van der Waals surface area contributed by atoms with Crippen molar-refractivity contribution in [1.82, 2.24) is 9.55 Å². The van der Waals surface area contributed by atoms with Crippen LogP contribution in [0.2, 0.25) is 5.02 Å². The summed E-state index contributed by atoms with van der Waals surface area (Å²) in [5, 5.41) is 3.41. The van der Waals surface area contributed by atoms with E-state index in [1.165, 1.54) is 11.3 Å². The second-order valence-corrected chi connectivity index (χ2v) is 6.58. The number of aryl methyl sites for hydroxylation is 1. The summed E-state index contributed by atoms with van der Waals surface area (Å²) in [7, 11) is 0. The van der Waals surface area contributed by atoms with Crippen molar-refractivity contribution in [3.8, 4) is 11.1 Å². The minimum atomic E-state index is 0.0484. The Hall–Kier alpha value is -1.65. The van der Waals surface area contributed by atoms with Crippen molar-refractivity contribution < 1.29 is 0 Å². The highest BCUT2D eigenvalue weighted by Crippen LogP contribution is 2.31. The zero-order chi connectivity index (χ0) is 15.5. The molecule has 2 aromatic heterocycles. The van der Waals surface area contributed by atoms with Gasteiger partial charge < -0.3 is 0 Å². The Morgan fingerprint density at radius 1 is 1.23 bits per heavy atom. The molecule has 5 heteroatoms. The summed E-state index contributed by atoms with van der Waals surface area (Å²) < 4.78 is 1.73. The lowest BCUT2D eigenvalue weighted by atomic mass is 10.1. The summed E-state index contributed by atoms with van der Waals surface area (Å²) in [6.45, 7) is 2.88. The Labute approximate surface area is 138 Å². The Kier molecular flexibility index (Phi) is 4.60. The third-order valence-corrected chi connectivity index (χ3v) is 4.86. The van der Waals surface area contributed by atoms with Crippen LogP contribution in [0.1, 0.15) is 26.2 Å². The Balaban J connectivity index is 2.06. The molecule has 1 aromatic carbocycles. The van der Waals surface area contributed by atoms with Crippen molar-refractivity contribution in [3.05, 3.63) is 51.3 Å². The number of hydrogen-bond donors (Lipinski definition) is 0. The molecule has 3 rings (SSSR count). The lowest BCUT2D eigenvalue weighted by molar-refractivity contribution is 0.584. The van der Waals surface area contributed by atoms with Crippen LogP contribution >= 0.6 is 22.9 Å². The van der Waals surface area contributed by atoms with Gasteiger partial charge in [-0.25, -0.2) is 4.98 Å². The average molecular weight is 333 g/mol. The molecule has 0 N–H and O–H groups in total. The van der Waals surface area contributed by atoms with Crippen LogP contribution in [0.3, 0.4) is 0 Å². The van der Waals surface area contributed by atoms with Gasteiger partial charge in [0.1, 0.15) is 4.83 Å². The number of rotatable bonds is 5. The standard InChI is InChI=1S/C17H17ClN2OS/c1-2-3-4-9-20-11-19-16-15(17(20)21)14(10-22-16)12-5-7-13(18)8-6-12/h5-8,10-11H,2-4,9H2,1H3. The molecule has 0 amide bonds. The molecule has 0 atom stereocenters. The molecule has 2 heterocycles. The summed E-state index contributed by atoms with van der Waals surface area (Å²) in [6, 6.07) is 7.57. The number of fused-ring (bicyclic) bond motifs is 1. The van der Waals surface area contributed by atoms with E-state index in [4.69, 9.17) is 11.6 Å². The van der Waals surface area contributed by atoms with Crippen LogP contribution in [0.25, 0.3) is 21.3 Å². The number of thiophene rings is 1. The van der Waals surface area contributed by atoms with Gasteiger partial charge in [0, 0.05) is 22.5 Å². The summed E-state index contributed by atoms with van der Waals surface area (Å²) >= 11 is 7.45.